The van der Waals surface area contributed by atoms with E-state index in [4.69, 9.17) is 5.11 Å². The average Bonchev–Trinajstić information content (AvgIpc) is 2.35. The van der Waals surface area contributed by atoms with Crippen LogP contribution in [0.1, 0.15) is 39.5 Å². The summed E-state index contributed by atoms with van der Waals surface area (Å²) in [5, 5.41) is 8.25. The minimum Gasteiger partial charge on any atom is -0.480 e. The predicted molar refractivity (Wildman–Crippen MR) is 69.2 cm³/mol. The predicted octanol–water partition coefficient (Wildman–Crippen LogP) is 1.98. The standard InChI is InChI=1S/C12H21NO3S/c1-3-10-6-4-5-7-13(10)11(14)8-17-9(2)12(15)16/h9-10H,3-8H2,1-2H3,(H,15,16)/t9-,10+/m1/s1. The third-order valence-electron chi connectivity index (χ3n) is 3.22. The Kier molecular flexibility index (Phi) is 5.82. The van der Waals surface area contributed by atoms with Crippen molar-refractivity contribution in [2.24, 2.45) is 0 Å². The first-order chi connectivity index (χ1) is 8.06. The van der Waals surface area contributed by atoms with Crippen molar-refractivity contribution in [3.63, 3.8) is 0 Å². The van der Waals surface area contributed by atoms with Crippen LogP contribution in [0.4, 0.5) is 0 Å². The normalized spacial score (nSPS) is 22.2. The van der Waals surface area contributed by atoms with Gasteiger partial charge in [-0.1, -0.05) is 6.92 Å². The number of likely N-dealkylation sites (tertiary alicyclic amines) is 1. The van der Waals surface area contributed by atoms with Gasteiger partial charge in [-0.3, -0.25) is 9.59 Å². The van der Waals surface area contributed by atoms with E-state index in [1.165, 1.54) is 18.2 Å². The molecule has 1 amide bonds. The first-order valence-electron chi connectivity index (χ1n) is 6.20. The van der Waals surface area contributed by atoms with Gasteiger partial charge in [0.15, 0.2) is 0 Å². The molecule has 1 fully saturated rings. The van der Waals surface area contributed by atoms with Crippen molar-refractivity contribution in [1.82, 2.24) is 4.90 Å². The molecule has 5 heteroatoms. The lowest BCUT2D eigenvalue weighted by Crippen LogP contribution is -2.44. The fraction of sp³-hybridized carbons (Fsp3) is 0.833. The number of carbonyl (C=O) groups excluding carboxylic acids is 1. The lowest BCUT2D eigenvalue weighted by atomic mass is 10.0. The molecule has 1 aliphatic rings. The van der Waals surface area contributed by atoms with Crippen LogP contribution in [0.25, 0.3) is 0 Å². The Balaban J connectivity index is 2.42. The van der Waals surface area contributed by atoms with Gasteiger partial charge >= 0.3 is 5.97 Å². The van der Waals surface area contributed by atoms with Crippen LogP contribution in [0, 0.1) is 0 Å². The number of carbonyl (C=O) groups is 2. The highest BCUT2D eigenvalue weighted by Crippen LogP contribution is 2.21. The summed E-state index contributed by atoms with van der Waals surface area (Å²) in [7, 11) is 0. The van der Waals surface area contributed by atoms with E-state index < -0.39 is 11.2 Å². The lowest BCUT2D eigenvalue weighted by Gasteiger charge is -2.35. The number of amides is 1. The molecule has 17 heavy (non-hydrogen) atoms. The first-order valence-corrected chi connectivity index (χ1v) is 7.25. The zero-order chi connectivity index (χ0) is 12.8. The van der Waals surface area contributed by atoms with E-state index in [0.29, 0.717) is 6.04 Å². The first kappa shape index (κ1) is 14.4. The number of hydrogen-bond acceptors (Lipinski definition) is 3. The second kappa shape index (κ2) is 6.89. The van der Waals surface area contributed by atoms with E-state index in [2.05, 4.69) is 6.92 Å². The molecule has 0 aromatic heterocycles. The smallest absolute Gasteiger partial charge is 0.316 e. The number of piperidine rings is 1. The van der Waals surface area contributed by atoms with E-state index >= 15 is 0 Å². The number of carboxylic acid groups (broad SMARTS) is 1. The summed E-state index contributed by atoms with van der Waals surface area (Å²) < 4.78 is 0. The number of thioether (sulfide) groups is 1. The molecule has 1 saturated heterocycles. The maximum atomic E-state index is 12.0. The molecule has 4 nitrogen and oxygen atoms in total. The molecule has 0 radical (unpaired) electrons. The Hall–Kier alpha value is -0.710. The quantitative estimate of drug-likeness (QED) is 0.820. The van der Waals surface area contributed by atoms with E-state index in [0.717, 1.165) is 25.8 Å². The van der Waals surface area contributed by atoms with Crippen molar-refractivity contribution in [3.05, 3.63) is 0 Å². The van der Waals surface area contributed by atoms with E-state index in [-0.39, 0.29) is 11.7 Å². The van der Waals surface area contributed by atoms with Crippen molar-refractivity contribution >= 4 is 23.6 Å². The molecule has 0 bridgehead atoms. The van der Waals surface area contributed by atoms with Crippen molar-refractivity contribution in [2.45, 2.75) is 50.8 Å². The second-order valence-electron chi connectivity index (χ2n) is 4.44. The van der Waals surface area contributed by atoms with Gasteiger partial charge in [-0.25, -0.2) is 0 Å². The van der Waals surface area contributed by atoms with Gasteiger partial charge in [0, 0.05) is 12.6 Å². The van der Waals surface area contributed by atoms with Crippen LogP contribution in [-0.2, 0) is 9.59 Å². The number of carboxylic acids is 1. The van der Waals surface area contributed by atoms with Gasteiger partial charge in [-0.15, -0.1) is 11.8 Å². The van der Waals surface area contributed by atoms with E-state index in [9.17, 15) is 9.59 Å². The summed E-state index contributed by atoms with van der Waals surface area (Å²) in [6, 6.07) is 0.358. The highest BCUT2D eigenvalue weighted by atomic mass is 32.2. The molecule has 0 spiro atoms. The van der Waals surface area contributed by atoms with Crippen molar-refractivity contribution in [3.8, 4) is 0 Å². The topological polar surface area (TPSA) is 57.6 Å². The van der Waals surface area contributed by atoms with Crippen LogP contribution in [0.3, 0.4) is 0 Å². The molecule has 1 heterocycles. The molecule has 0 unspecified atom stereocenters. The minimum absolute atomic E-state index is 0.0923. The maximum absolute atomic E-state index is 12.0. The van der Waals surface area contributed by atoms with Crippen LogP contribution in [0.15, 0.2) is 0 Å². The Bertz CT molecular complexity index is 283. The number of nitrogens with zero attached hydrogens (tertiary/aromatic N) is 1. The van der Waals surface area contributed by atoms with Gasteiger partial charge < -0.3 is 10.0 Å². The maximum Gasteiger partial charge on any atom is 0.316 e. The summed E-state index contributed by atoms with van der Waals surface area (Å²) >= 11 is 1.21. The molecule has 0 aromatic carbocycles. The van der Waals surface area contributed by atoms with Gasteiger partial charge in [-0.2, -0.15) is 0 Å². The summed E-state index contributed by atoms with van der Waals surface area (Å²) in [6.07, 6.45) is 4.34. The highest BCUT2D eigenvalue weighted by molar-refractivity contribution is 8.01. The summed E-state index contributed by atoms with van der Waals surface area (Å²) in [6.45, 7) is 4.55. The molecule has 0 saturated carbocycles. The zero-order valence-corrected chi connectivity index (χ0v) is 11.3. The van der Waals surface area contributed by atoms with Crippen LogP contribution >= 0.6 is 11.8 Å². The summed E-state index contributed by atoms with van der Waals surface area (Å²) in [5.41, 5.74) is 0. The van der Waals surface area contributed by atoms with Crippen molar-refractivity contribution in [2.75, 3.05) is 12.3 Å². The van der Waals surface area contributed by atoms with Crippen molar-refractivity contribution < 1.29 is 14.7 Å². The average molecular weight is 259 g/mol. The molecular formula is C12H21NO3S. The third kappa shape index (κ3) is 4.22. The van der Waals surface area contributed by atoms with Crippen molar-refractivity contribution in [1.29, 1.82) is 0 Å². The van der Waals surface area contributed by atoms with Crippen LogP contribution in [0.5, 0.6) is 0 Å². The SMILES string of the molecule is CC[C@H]1CCCCN1C(=O)CS[C@H](C)C(=O)O. The number of aliphatic carboxylic acids is 1. The van der Waals surface area contributed by atoms with E-state index in [1.807, 2.05) is 4.90 Å². The van der Waals surface area contributed by atoms with Gasteiger partial charge in [0.25, 0.3) is 0 Å². The van der Waals surface area contributed by atoms with Gasteiger partial charge in [0.05, 0.1) is 11.0 Å². The molecule has 0 aliphatic carbocycles. The van der Waals surface area contributed by atoms with Gasteiger partial charge in [0.2, 0.25) is 5.91 Å². The van der Waals surface area contributed by atoms with Crippen LogP contribution < -0.4 is 0 Å². The fourth-order valence-corrected chi connectivity index (χ4v) is 2.80. The molecule has 1 rings (SSSR count). The summed E-state index contributed by atoms with van der Waals surface area (Å²) in [4.78, 5) is 24.6. The van der Waals surface area contributed by atoms with Crippen LogP contribution in [0.2, 0.25) is 0 Å². The Morgan fingerprint density at radius 3 is 2.76 bits per heavy atom. The minimum atomic E-state index is -0.853. The second-order valence-corrected chi connectivity index (χ2v) is 5.77. The Labute approximate surface area is 107 Å². The Morgan fingerprint density at radius 1 is 1.47 bits per heavy atom. The molecular weight excluding hydrogens is 238 g/mol. The zero-order valence-electron chi connectivity index (χ0n) is 10.5. The highest BCUT2D eigenvalue weighted by Gasteiger charge is 2.25. The number of hydrogen-bond donors (Lipinski definition) is 1. The van der Waals surface area contributed by atoms with E-state index in [1.54, 1.807) is 6.92 Å². The molecule has 2 atom stereocenters. The monoisotopic (exact) mass is 259 g/mol. The Morgan fingerprint density at radius 2 is 2.18 bits per heavy atom. The molecule has 1 aliphatic heterocycles. The largest absolute Gasteiger partial charge is 0.480 e. The summed E-state index contributed by atoms with van der Waals surface area (Å²) in [5.74, 6) is -0.479. The molecule has 0 aromatic rings. The fourth-order valence-electron chi connectivity index (χ4n) is 2.10. The number of rotatable bonds is 5. The lowest BCUT2D eigenvalue weighted by molar-refractivity contribution is -0.136. The third-order valence-corrected chi connectivity index (χ3v) is 4.34. The molecule has 1 N–H and O–H groups in total. The van der Waals surface area contributed by atoms with Gasteiger partial charge in [-0.05, 0) is 32.6 Å². The van der Waals surface area contributed by atoms with Gasteiger partial charge in [0.1, 0.15) is 0 Å². The van der Waals surface area contributed by atoms with Crippen LogP contribution in [-0.4, -0.2) is 45.5 Å². The molecule has 98 valence electrons.